The minimum Gasteiger partial charge on any atom is -0.497 e. The van der Waals surface area contributed by atoms with Crippen LogP contribution in [0.1, 0.15) is 43.0 Å². The van der Waals surface area contributed by atoms with E-state index in [-0.39, 0.29) is 5.91 Å². The van der Waals surface area contributed by atoms with Crippen LogP contribution in [0.2, 0.25) is 0 Å². The molecule has 3 N–H and O–H groups in total. The monoisotopic (exact) mass is 276 g/mol. The second kappa shape index (κ2) is 6.64. The number of hydrogen-bond donors (Lipinski definition) is 2. The van der Waals surface area contributed by atoms with Gasteiger partial charge in [-0.1, -0.05) is 19.8 Å². The SMILES string of the molecule is COc1ccc(N)c(C(=O)NCC2CCC(C)CC2)c1. The van der Waals surface area contributed by atoms with Crippen molar-refractivity contribution in [1.82, 2.24) is 5.32 Å². The number of hydrogen-bond acceptors (Lipinski definition) is 3. The molecule has 1 amide bonds. The van der Waals surface area contributed by atoms with E-state index >= 15 is 0 Å². The lowest BCUT2D eigenvalue weighted by atomic mass is 9.83. The zero-order valence-electron chi connectivity index (χ0n) is 12.3. The molecule has 1 aromatic carbocycles. The molecule has 4 heteroatoms. The maximum Gasteiger partial charge on any atom is 0.253 e. The molecule has 1 aromatic rings. The van der Waals surface area contributed by atoms with Gasteiger partial charge in [0.25, 0.3) is 5.91 Å². The maximum absolute atomic E-state index is 12.2. The molecule has 0 heterocycles. The highest BCUT2D eigenvalue weighted by Crippen LogP contribution is 2.28. The van der Waals surface area contributed by atoms with Crippen LogP contribution in [0, 0.1) is 11.8 Å². The van der Waals surface area contributed by atoms with E-state index < -0.39 is 0 Å². The molecule has 1 aliphatic rings. The first-order valence-corrected chi connectivity index (χ1v) is 7.32. The quantitative estimate of drug-likeness (QED) is 0.831. The summed E-state index contributed by atoms with van der Waals surface area (Å²) in [5.41, 5.74) is 6.84. The summed E-state index contributed by atoms with van der Waals surface area (Å²) in [5.74, 6) is 1.97. The topological polar surface area (TPSA) is 64.3 Å². The van der Waals surface area contributed by atoms with Crippen LogP contribution in [0.3, 0.4) is 0 Å². The Hall–Kier alpha value is -1.71. The van der Waals surface area contributed by atoms with E-state index in [2.05, 4.69) is 12.2 Å². The van der Waals surface area contributed by atoms with E-state index in [0.29, 0.717) is 22.9 Å². The van der Waals surface area contributed by atoms with Crippen LogP contribution in [0.25, 0.3) is 0 Å². The molecular formula is C16H24N2O2. The fraction of sp³-hybridized carbons (Fsp3) is 0.562. The van der Waals surface area contributed by atoms with Gasteiger partial charge in [-0.2, -0.15) is 0 Å². The Bertz CT molecular complexity index is 466. The predicted molar refractivity (Wildman–Crippen MR) is 80.9 cm³/mol. The Balaban J connectivity index is 1.91. The molecule has 0 aliphatic heterocycles. The number of carbonyl (C=O) groups is 1. The van der Waals surface area contributed by atoms with Crippen molar-refractivity contribution in [2.45, 2.75) is 32.6 Å². The Kier molecular flexibility index (Phi) is 4.88. The first-order chi connectivity index (χ1) is 9.60. The molecule has 0 aromatic heterocycles. The fourth-order valence-corrected chi connectivity index (χ4v) is 2.72. The van der Waals surface area contributed by atoms with Crippen LogP contribution in [0.15, 0.2) is 18.2 Å². The number of methoxy groups -OCH3 is 1. The third-order valence-electron chi connectivity index (χ3n) is 4.19. The van der Waals surface area contributed by atoms with E-state index in [1.165, 1.54) is 25.7 Å². The third-order valence-corrected chi connectivity index (χ3v) is 4.19. The molecule has 0 spiro atoms. The van der Waals surface area contributed by atoms with Gasteiger partial charge < -0.3 is 15.8 Å². The van der Waals surface area contributed by atoms with Gasteiger partial charge in [0, 0.05) is 12.2 Å². The summed E-state index contributed by atoms with van der Waals surface area (Å²) in [6.07, 6.45) is 4.94. The fourth-order valence-electron chi connectivity index (χ4n) is 2.72. The molecule has 1 fully saturated rings. The number of ether oxygens (including phenoxy) is 1. The largest absolute Gasteiger partial charge is 0.497 e. The lowest BCUT2D eigenvalue weighted by molar-refractivity contribution is 0.0942. The van der Waals surface area contributed by atoms with Gasteiger partial charge in [-0.25, -0.2) is 0 Å². The molecule has 20 heavy (non-hydrogen) atoms. The molecule has 1 aliphatic carbocycles. The number of nitrogen functional groups attached to an aromatic ring is 1. The highest BCUT2D eigenvalue weighted by atomic mass is 16.5. The minimum atomic E-state index is -0.111. The van der Waals surface area contributed by atoms with Gasteiger partial charge in [0.15, 0.2) is 0 Å². The van der Waals surface area contributed by atoms with Crippen LogP contribution in [-0.2, 0) is 0 Å². The average Bonchev–Trinajstić information content (AvgIpc) is 2.47. The summed E-state index contributed by atoms with van der Waals surface area (Å²) in [7, 11) is 1.58. The second-order valence-electron chi connectivity index (χ2n) is 5.79. The summed E-state index contributed by atoms with van der Waals surface area (Å²) < 4.78 is 5.13. The molecule has 0 atom stereocenters. The third kappa shape index (κ3) is 3.65. The Morgan fingerprint density at radius 3 is 2.70 bits per heavy atom. The summed E-state index contributed by atoms with van der Waals surface area (Å²) in [6.45, 7) is 3.04. The van der Waals surface area contributed by atoms with Gasteiger partial charge >= 0.3 is 0 Å². The number of rotatable bonds is 4. The number of benzene rings is 1. The van der Waals surface area contributed by atoms with Crippen molar-refractivity contribution in [2.75, 3.05) is 19.4 Å². The highest BCUT2D eigenvalue weighted by molar-refractivity contribution is 5.99. The van der Waals surface area contributed by atoms with Crippen molar-refractivity contribution >= 4 is 11.6 Å². The number of nitrogens with one attached hydrogen (secondary N) is 1. The number of nitrogens with two attached hydrogens (primary N) is 1. The first kappa shape index (κ1) is 14.7. The molecule has 110 valence electrons. The van der Waals surface area contributed by atoms with Gasteiger partial charge in [-0.15, -0.1) is 0 Å². The standard InChI is InChI=1S/C16H24N2O2/c1-11-3-5-12(6-4-11)10-18-16(19)14-9-13(20-2)7-8-15(14)17/h7-9,11-12H,3-6,10,17H2,1-2H3,(H,18,19). The summed E-state index contributed by atoms with van der Waals surface area (Å²) >= 11 is 0. The Morgan fingerprint density at radius 1 is 1.35 bits per heavy atom. The molecule has 0 unspecified atom stereocenters. The molecule has 1 saturated carbocycles. The number of anilines is 1. The smallest absolute Gasteiger partial charge is 0.253 e. The van der Waals surface area contributed by atoms with Gasteiger partial charge in [-0.05, 0) is 42.9 Å². The van der Waals surface area contributed by atoms with E-state index in [0.717, 1.165) is 12.5 Å². The molecular weight excluding hydrogens is 252 g/mol. The zero-order chi connectivity index (χ0) is 14.5. The summed E-state index contributed by atoms with van der Waals surface area (Å²) in [5, 5.41) is 3.00. The van der Waals surface area contributed by atoms with Crippen molar-refractivity contribution in [3.05, 3.63) is 23.8 Å². The molecule has 0 radical (unpaired) electrons. The van der Waals surface area contributed by atoms with E-state index in [1.54, 1.807) is 25.3 Å². The predicted octanol–water partition coefficient (Wildman–Crippen LogP) is 2.83. The van der Waals surface area contributed by atoms with E-state index in [9.17, 15) is 4.79 Å². The van der Waals surface area contributed by atoms with Gasteiger partial charge in [0.05, 0.1) is 12.7 Å². The van der Waals surface area contributed by atoms with Crippen LogP contribution >= 0.6 is 0 Å². The number of carbonyl (C=O) groups excluding carboxylic acids is 1. The van der Waals surface area contributed by atoms with Crippen LogP contribution in [0.5, 0.6) is 5.75 Å². The Labute approximate surface area is 120 Å². The van der Waals surface area contributed by atoms with Crippen molar-refractivity contribution in [3.63, 3.8) is 0 Å². The van der Waals surface area contributed by atoms with Crippen LogP contribution < -0.4 is 15.8 Å². The molecule has 4 nitrogen and oxygen atoms in total. The van der Waals surface area contributed by atoms with Gasteiger partial charge in [-0.3, -0.25) is 4.79 Å². The molecule has 0 bridgehead atoms. The first-order valence-electron chi connectivity index (χ1n) is 7.32. The maximum atomic E-state index is 12.2. The van der Waals surface area contributed by atoms with Crippen molar-refractivity contribution in [3.8, 4) is 5.75 Å². The van der Waals surface area contributed by atoms with Gasteiger partial charge in [0.1, 0.15) is 5.75 Å². The normalized spacial score (nSPS) is 22.3. The van der Waals surface area contributed by atoms with Crippen molar-refractivity contribution in [1.29, 1.82) is 0 Å². The van der Waals surface area contributed by atoms with Crippen LogP contribution in [0.4, 0.5) is 5.69 Å². The molecule has 0 saturated heterocycles. The summed E-state index contributed by atoms with van der Waals surface area (Å²) in [6, 6.07) is 5.15. The lowest BCUT2D eigenvalue weighted by Crippen LogP contribution is -2.31. The van der Waals surface area contributed by atoms with E-state index in [4.69, 9.17) is 10.5 Å². The second-order valence-corrected chi connectivity index (χ2v) is 5.79. The Morgan fingerprint density at radius 2 is 2.05 bits per heavy atom. The summed E-state index contributed by atoms with van der Waals surface area (Å²) in [4.78, 5) is 12.2. The van der Waals surface area contributed by atoms with Crippen molar-refractivity contribution < 1.29 is 9.53 Å². The lowest BCUT2D eigenvalue weighted by Gasteiger charge is -2.26. The zero-order valence-corrected chi connectivity index (χ0v) is 12.3. The number of amides is 1. The van der Waals surface area contributed by atoms with Crippen molar-refractivity contribution in [2.24, 2.45) is 11.8 Å². The minimum absolute atomic E-state index is 0.111. The van der Waals surface area contributed by atoms with Crippen LogP contribution in [-0.4, -0.2) is 19.6 Å². The van der Waals surface area contributed by atoms with Gasteiger partial charge in [0.2, 0.25) is 0 Å². The van der Waals surface area contributed by atoms with E-state index in [1.807, 2.05) is 0 Å². The average molecular weight is 276 g/mol. The molecule has 2 rings (SSSR count). The highest BCUT2D eigenvalue weighted by Gasteiger charge is 2.19.